The Morgan fingerprint density at radius 3 is 2.86 bits per heavy atom. The molecule has 7 nitrogen and oxygen atoms in total. The number of aryl methyl sites for hydroxylation is 2. The van der Waals surface area contributed by atoms with Crippen molar-refractivity contribution in [1.29, 1.82) is 0 Å². The minimum Gasteiger partial charge on any atom is -0.473 e. The average Bonchev–Trinajstić information content (AvgIpc) is 3.19. The van der Waals surface area contributed by atoms with Gasteiger partial charge in [-0.25, -0.2) is 9.67 Å². The van der Waals surface area contributed by atoms with Crippen molar-refractivity contribution in [3.63, 3.8) is 0 Å². The fraction of sp³-hybridized carbons (Fsp3) is 0.381. The Hall–Kier alpha value is -2.93. The van der Waals surface area contributed by atoms with E-state index in [2.05, 4.69) is 64.6 Å². The van der Waals surface area contributed by atoms with Crippen molar-refractivity contribution in [2.75, 3.05) is 6.54 Å². The van der Waals surface area contributed by atoms with E-state index in [1.165, 1.54) is 5.57 Å². The number of aromatic amines is 1. The molecule has 7 heteroatoms. The van der Waals surface area contributed by atoms with Crippen LogP contribution >= 0.6 is 0 Å². The largest absolute Gasteiger partial charge is 0.473 e. The highest BCUT2D eigenvalue weighted by Crippen LogP contribution is 2.35. The number of pyridine rings is 1. The lowest BCUT2D eigenvalue weighted by atomic mass is 10.1. The quantitative estimate of drug-likeness (QED) is 0.627. The number of aromatic nitrogens is 5. The topological polar surface area (TPSA) is 80.7 Å². The summed E-state index contributed by atoms with van der Waals surface area (Å²) < 4.78 is 8.16. The van der Waals surface area contributed by atoms with Crippen molar-refractivity contribution in [1.82, 2.24) is 30.3 Å². The number of nitrogens with zero attached hydrogens (tertiary/aromatic N) is 4. The number of nitrogens with one attached hydrogen (secondary N) is 2. The summed E-state index contributed by atoms with van der Waals surface area (Å²) in [7, 11) is 1.91. The van der Waals surface area contributed by atoms with E-state index >= 15 is 0 Å². The molecule has 3 aromatic rings. The van der Waals surface area contributed by atoms with Crippen LogP contribution in [0.2, 0.25) is 0 Å². The maximum atomic E-state index is 6.36. The second-order valence-electron chi connectivity index (χ2n) is 7.42. The van der Waals surface area contributed by atoms with Crippen LogP contribution in [0.1, 0.15) is 32.2 Å². The second kappa shape index (κ2) is 7.24. The number of fused-ring (bicyclic) bond motifs is 3. The summed E-state index contributed by atoms with van der Waals surface area (Å²) in [6, 6.07) is 2.28. The molecule has 2 unspecified atom stereocenters. The normalized spacial score (nSPS) is 23.4. The SMILES string of the molecule is CC1=C/CNC(C)C(C)Oc2c(c(C)nn2C)-c2cnc3n[nH]c(c3c2)\C=C\1. The fourth-order valence-corrected chi connectivity index (χ4v) is 3.42. The number of hydrogen-bond acceptors (Lipinski definition) is 5. The predicted octanol–water partition coefficient (Wildman–Crippen LogP) is 3.39. The summed E-state index contributed by atoms with van der Waals surface area (Å²) in [6.45, 7) is 9.07. The molecule has 28 heavy (non-hydrogen) atoms. The van der Waals surface area contributed by atoms with E-state index in [1.54, 1.807) is 4.68 Å². The van der Waals surface area contributed by atoms with Gasteiger partial charge < -0.3 is 10.1 Å². The van der Waals surface area contributed by atoms with E-state index in [0.717, 1.165) is 40.3 Å². The molecular weight excluding hydrogens is 352 g/mol. The van der Waals surface area contributed by atoms with Crippen LogP contribution in [0.15, 0.2) is 30.0 Å². The van der Waals surface area contributed by atoms with Crippen molar-refractivity contribution in [2.24, 2.45) is 7.05 Å². The lowest BCUT2D eigenvalue weighted by Gasteiger charge is -2.23. The minimum absolute atomic E-state index is 0.0240. The first-order valence-electron chi connectivity index (χ1n) is 9.57. The third-order valence-corrected chi connectivity index (χ3v) is 5.28. The Balaban J connectivity index is 1.91. The Kier molecular flexibility index (Phi) is 4.77. The molecule has 4 rings (SSSR count). The van der Waals surface area contributed by atoms with Gasteiger partial charge in [0.15, 0.2) is 5.65 Å². The number of ether oxygens (including phenoxy) is 1. The molecule has 2 bridgehead atoms. The lowest BCUT2D eigenvalue weighted by molar-refractivity contribution is 0.166. The van der Waals surface area contributed by atoms with Gasteiger partial charge in [0.25, 0.3) is 0 Å². The molecule has 0 saturated carbocycles. The van der Waals surface area contributed by atoms with Crippen LogP contribution in [0.4, 0.5) is 0 Å². The molecule has 0 aromatic carbocycles. The molecule has 0 aliphatic carbocycles. The minimum atomic E-state index is -0.0240. The van der Waals surface area contributed by atoms with Gasteiger partial charge in [-0.15, -0.1) is 0 Å². The Bertz CT molecular complexity index is 1070. The molecule has 1 aliphatic heterocycles. The van der Waals surface area contributed by atoms with Crippen LogP contribution in [0.3, 0.4) is 0 Å². The van der Waals surface area contributed by atoms with Gasteiger partial charge in [-0.1, -0.05) is 17.7 Å². The van der Waals surface area contributed by atoms with Gasteiger partial charge in [0, 0.05) is 36.8 Å². The maximum absolute atomic E-state index is 6.36. The van der Waals surface area contributed by atoms with Crippen LogP contribution < -0.4 is 10.1 Å². The molecule has 4 heterocycles. The molecule has 1 aliphatic rings. The zero-order valence-electron chi connectivity index (χ0n) is 16.9. The number of rotatable bonds is 0. The summed E-state index contributed by atoms with van der Waals surface area (Å²) in [4.78, 5) is 4.55. The number of allylic oxidation sites excluding steroid dienone is 2. The van der Waals surface area contributed by atoms with Crippen molar-refractivity contribution < 1.29 is 4.74 Å². The predicted molar refractivity (Wildman–Crippen MR) is 111 cm³/mol. The highest BCUT2D eigenvalue weighted by molar-refractivity contribution is 5.88. The van der Waals surface area contributed by atoms with Crippen molar-refractivity contribution in [3.05, 3.63) is 41.4 Å². The molecule has 0 spiro atoms. The van der Waals surface area contributed by atoms with Crippen LogP contribution in [0.5, 0.6) is 5.88 Å². The summed E-state index contributed by atoms with van der Waals surface area (Å²) >= 11 is 0. The summed E-state index contributed by atoms with van der Waals surface area (Å²) in [5.74, 6) is 0.752. The Morgan fingerprint density at radius 1 is 1.21 bits per heavy atom. The van der Waals surface area contributed by atoms with Crippen molar-refractivity contribution >= 4 is 17.1 Å². The molecule has 3 aromatic heterocycles. The zero-order valence-corrected chi connectivity index (χ0v) is 16.9. The number of H-pyrrole nitrogens is 1. The fourth-order valence-electron chi connectivity index (χ4n) is 3.42. The van der Waals surface area contributed by atoms with Gasteiger partial charge in [0.05, 0.1) is 17.0 Å². The smallest absolute Gasteiger partial charge is 0.220 e. The monoisotopic (exact) mass is 378 g/mol. The van der Waals surface area contributed by atoms with E-state index in [-0.39, 0.29) is 12.1 Å². The van der Waals surface area contributed by atoms with Gasteiger partial charge in [0.2, 0.25) is 5.88 Å². The van der Waals surface area contributed by atoms with Gasteiger partial charge in [-0.2, -0.15) is 10.2 Å². The maximum Gasteiger partial charge on any atom is 0.220 e. The zero-order chi connectivity index (χ0) is 19.8. The van der Waals surface area contributed by atoms with Gasteiger partial charge in [0.1, 0.15) is 6.10 Å². The summed E-state index contributed by atoms with van der Waals surface area (Å²) in [5.41, 5.74) is 5.66. The second-order valence-corrected chi connectivity index (χ2v) is 7.42. The first kappa shape index (κ1) is 18.4. The van der Waals surface area contributed by atoms with Crippen molar-refractivity contribution in [2.45, 2.75) is 39.8 Å². The van der Waals surface area contributed by atoms with Gasteiger partial charge in [-0.3, -0.25) is 5.10 Å². The first-order chi connectivity index (χ1) is 13.4. The summed E-state index contributed by atoms with van der Waals surface area (Å²) in [6.07, 6.45) is 8.12. The van der Waals surface area contributed by atoms with E-state index in [0.29, 0.717) is 5.65 Å². The summed E-state index contributed by atoms with van der Waals surface area (Å²) in [5, 5.41) is 16.5. The van der Waals surface area contributed by atoms with Crippen molar-refractivity contribution in [3.8, 4) is 17.0 Å². The van der Waals surface area contributed by atoms with E-state index in [4.69, 9.17) is 4.74 Å². The molecule has 2 atom stereocenters. The van der Waals surface area contributed by atoms with Crippen LogP contribution in [-0.2, 0) is 7.05 Å². The molecule has 2 N–H and O–H groups in total. The Morgan fingerprint density at radius 2 is 2.04 bits per heavy atom. The number of hydrogen-bond donors (Lipinski definition) is 2. The highest BCUT2D eigenvalue weighted by Gasteiger charge is 2.22. The molecule has 146 valence electrons. The van der Waals surface area contributed by atoms with Gasteiger partial charge >= 0.3 is 0 Å². The first-order valence-corrected chi connectivity index (χ1v) is 9.57. The van der Waals surface area contributed by atoms with Crippen LogP contribution in [-0.4, -0.2) is 43.7 Å². The lowest BCUT2D eigenvalue weighted by Crippen LogP contribution is -2.39. The van der Waals surface area contributed by atoms with E-state index in [9.17, 15) is 0 Å². The van der Waals surface area contributed by atoms with Crippen LogP contribution in [0.25, 0.3) is 28.2 Å². The third kappa shape index (κ3) is 3.33. The highest BCUT2D eigenvalue weighted by atomic mass is 16.5. The van der Waals surface area contributed by atoms with Crippen LogP contribution in [0, 0.1) is 6.92 Å². The molecule has 0 radical (unpaired) electrons. The average molecular weight is 378 g/mol. The molecule has 0 amide bonds. The standard InChI is InChI=1S/C21H26N6O/c1-12-6-7-18-17-10-16(11-23-20(17)25-24-18)19-14(3)26-27(5)21(19)28-15(4)13(2)22-9-8-12/h6-8,10-11,13,15,22H,9H2,1-5H3,(H,23,24,25)/b7-6+,12-8-. The van der Waals surface area contributed by atoms with Gasteiger partial charge in [-0.05, 0) is 39.8 Å². The molecule has 0 saturated heterocycles. The van der Waals surface area contributed by atoms with E-state index < -0.39 is 0 Å². The third-order valence-electron chi connectivity index (χ3n) is 5.28. The van der Waals surface area contributed by atoms with E-state index in [1.807, 2.05) is 26.2 Å². The molecular formula is C21H26N6O. The Labute approximate surface area is 164 Å². The molecule has 0 fully saturated rings.